The second-order valence-corrected chi connectivity index (χ2v) is 11.2. The van der Waals surface area contributed by atoms with Crippen molar-refractivity contribution in [2.75, 3.05) is 0 Å². The Labute approximate surface area is 174 Å². The van der Waals surface area contributed by atoms with E-state index in [2.05, 4.69) is 52.8 Å². The minimum atomic E-state index is -0.141. The molecule has 2 saturated carbocycles. The Morgan fingerprint density at radius 3 is 2.72 bits per heavy atom. The predicted molar refractivity (Wildman–Crippen MR) is 117 cm³/mol. The predicted octanol–water partition coefficient (Wildman–Crippen LogP) is 3.98. The fourth-order valence-electron chi connectivity index (χ4n) is 4.14. The van der Waals surface area contributed by atoms with E-state index in [-0.39, 0.29) is 16.3 Å². The molecule has 0 unspecified atom stereocenters. The Morgan fingerprint density at radius 1 is 1.24 bits per heavy atom. The SMILES string of the molecule is Cn1ccc2c([C@H](NSC(C)(C)C)c3cn([C@@H]4CC45CC5)nn3)cccc2c1=O. The van der Waals surface area contributed by atoms with E-state index in [4.69, 9.17) is 0 Å². The highest BCUT2D eigenvalue weighted by Gasteiger charge is 2.64. The Balaban J connectivity index is 1.57. The van der Waals surface area contributed by atoms with E-state index >= 15 is 0 Å². The third kappa shape index (κ3) is 3.40. The molecule has 1 aromatic carbocycles. The fraction of sp³-hybridized carbons (Fsp3) is 0.500. The summed E-state index contributed by atoms with van der Waals surface area (Å²) in [6, 6.07) is 8.33. The Bertz CT molecular complexity index is 1140. The van der Waals surface area contributed by atoms with E-state index in [1.165, 1.54) is 19.3 Å². The van der Waals surface area contributed by atoms with Gasteiger partial charge in [0.05, 0.1) is 18.3 Å². The Hall–Kier alpha value is -2.12. The van der Waals surface area contributed by atoms with Gasteiger partial charge in [0.2, 0.25) is 0 Å². The number of hydrogen-bond donors (Lipinski definition) is 1. The molecule has 2 atom stereocenters. The average Bonchev–Trinajstić information content (AvgIpc) is 3.56. The van der Waals surface area contributed by atoms with Gasteiger partial charge in [-0.15, -0.1) is 5.10 Å². The molecular weight excluding hydrogens is 382 g/mol. The van der Waals surface area contributed by atoms with Crippen molar-refractivity contribution in [2.24, 2.45) is 12.5 Å². The van der Waals surface area contributed by atoms with Crippen molar-refractivity contribution in [3.05, 3.63) is 58.3 Å². The van der Waals surface area contributed by atoms with Crippen molar-refractivity contribution in [2.45, 2.75) is 56.9 Å². The Morgan fingerprint density at radius 2 is 2.03 bits per heavy atom. The van der Waals surface area contributed by atoms with Gasteiger partial charge in [0.15, 0.2) is 0 Å². The van der Waals surface area contributed by atoms with Crippen LogP contribution in [0.25, 0.3) is 10.8 Å². The van der Waals surface area contributed by atoms with Crippen LogP contribution in [0.2, 0.25) is 0 Å². The number of nitrogens with zero attached hydrogens (tertiary/aromatic N) is 4. The van der Waals surface area contributed by atoms with Crippen molar-refractivity contribution in [3.8, 4) is 0 Å². The summed E-state index contributed by atoms with van der Waals surface area (Å²) < 4.78 is 7.35. The highest BCUT2D eigenvalue weighted by Crippen LogP contribution is 2.72. The average molecular weight is 410 g/mol. The van der Waals surface area contributed by atoms with Crippen LogP contribution in [0.1, 0.15) is 63.4 Å². The third-order valence-corrected chi connectivity index (χ3v) is 7.10. The largest absolute Gasteiger partial charge is 0.318 e. The van der Waals surface area contributed by atoms with Crippen LogP contribution in [0, 0.1) is 5.41 Å². The third-order valence-electron chi connectivity index (χ3n) is 6.13. The van der Waals surface area contributed by atoms with Crippen molar-refractivity contribution in [1.29, 1.82) is 0 Å². The van der Waals surface area contributed by atoms with Gasteiger partial charge in [0.1, 0.15) is 5.69 Å². The molecule has 2 heterocycles. The van der Waals surface area contributed by atoms with Gasteiger partial charge >= 0.3 is 0 Å². The lowest BCUT2D eigenvalue weighted by Crippen LogP contribution is -2.24. The molecule has 29 heavy (non-hydrogen) atoms. The summed E-state index contributed by atoms with van der Waals surface area (Å²) in [6.45, 7) is 6.54. The van der Waals surface area contributed by atoms with E-state index in [0.29, 0.717) is 11.5 Å². The van der Waals surface area contributed by atoms with Gasteiger partial charge in [-0.1, -0.05) is 29.3 Å². The maximum Gasteiger partial charge on any atom is 0.258 e. The first-order valence-corrected chi connectivity index (χ1v) is 11.0. The van der Waals surface area contributed by atoms with Crippen LogP contribution in [0.5, 0.6) is 0 Å². The summed E-state index contributed by atoms with van der Waals surface area (Å²) in [5.41, 5.74) is 2.50. The Kier molecular flexibility index (Phi) is 4.19. The number of nitrogens with one attached hydrogen (secondary N) is 1. The quantitative estimate of drug-likeness (QED) is 0.646. The molecule has 0 bridgehead atoms. The highest BCUT2D eigenvalue weighted by molar-refractivity contribution is 7.98. The maximum absolute atomic E-state index is 12.6. The van der Waals surface area contributed by atoms with Crippen molar-refractivity contribution in [3.63, 3.8) is 0 Å². The monoisotopic (exact) mass is 409 g/mol. The lowest BCUT2D eigenvalue weighted by Gasteiger charge is -2.24. The highest BCUT2D eigenvalue weighted by atomic mass is 32.2. The second-order valence-electron chi connectivity index (χ2n) is 9.51. The van der Waals surface area contributed by atoms with Crippen molar-refractivity contribution < 1.29 is 0 Å². The first-order chi connectivity index (χ1) is 13.8. The van der Waals surface area contributed by atoms with Crippen LogP contribution in [0.3, 0.4) is 0 Å². The molecular formula is C22H27N5OS. The molecule has 2 aromatic heterocycles. The van der Waals surface area contributed by atoms with Crippen LogP contribution >= 0.6 is 11.9 Å². The number of aryl methyl sites for hydroxylation is 1. The van der Waals surface area contributed by atoms with Crippen LogP contribution in [-0.4, -0.2) is 24.3 Å². The summed E-state index contributed by atoms with van der Waals surface area (Å²) in [5.74, 6) is 0. The molecule has 2 fully saturated rings. The molecule has 1 spiro atoms. The van der Waals surface area contributed by atoms with Gasteiger partial charge < -0.3 is 4.57 Å². The maximum atomic E-state index is 12.6. The van der Waals surface area contributed by atoms with E-state index < -0.39 is 0 Å². The smallest absolute Gasteiger partial charge is 0.258 e. The summed E-state index contributed by atoms with van der Waals surface area (Å²) in [5, 5.41) is 10.7. The lowest BCUT2D eigenvalue weighted by molar-refractivity contribution is 0.561. The zero-order chi connectivity index (χ0) is 20.4. The van der Waals surface area contributed by atoms with E-state index in [1.807, 2.05) is 24.4 Å². The number of rotatable bonds is 5. The number of pyridine rings is 1. The van der Waals surface area contributed by atoms with Gasteiger partial charge in [-0.3, -0.25) is 4.79 Å². The van der Waals surface area contributed by atoms with Crippen LogP contribution in [0.4, 0.5) is 0 Å². The normalized spacial score (nSPS) is 20.9. The van der Waals surface area contributed by atoms with Crippen LogP contribution in [0.15, 0.2) is 41.5 Å². The summed E-state index contributed by atoms with van der Waals surface area (Å²) in [4.78, 5) is 12.6. The minimum absolute atomic E-state index is 0.0175. The van der Waals surface area contributed by atoms with Gasteiger partial charge in [-0.05, 0) is 68.5 Å². The minimum Gasteiger partial charge on any atom is -0.318 e. The standard InChI is InChI=1S/C22H27N5OS/c1-21(2,3)29-24-19(17-13-27(25-23-17)18-12-22(18)9-10-22)15-6-5-7-16-14(15)8-11-26(4)20(16)28/h5-8,11,13,18-19,24H,9-10,12H2,1-4H3/t18-,19+/m1/s1. The number of benzene rings is 1. The molecule has 5 rings (SSSR count). The molecule has 3 aromatic rings. The van der Waals surface area contributed by atoms with E-state index in [9.17, 15) is 4.79 Å². The second kappa shape index (κ2) is 6.44. The molecule has 2 aliphatic carbocycles. The molecule has 6 nitrogen and oxygen atoms in total. The topological polar surface area (TPSA) is 64.7 Å². The number of aromatic nitrogens is 4. The van der Waals surface area contributed by atoms with Gasteiger partial charge in [-0.2, -0.15) is 0 Å². The first kappa shape index (κ1) is 18.9. The zero-order valence-corrected chi connectivity index (χ0v) is 18.2. The van der Waals surface area contributed by atoms with Crippen LogP contribution < -0.4 is 10.3 Å². The first-order valence-electron chi connectivity index (χ1n) is 10.2. The fourth-order valence-corrected chi connectivity index (χ4v) is 4.86. The molecule has 7 heteroatoms. The lowest BCUT2D eigenvalue weighted by atomic mass is 9.98. The molecule has 2 aliphatic rings. The van der Waals surface area contributed by atoms with Crippen LogP contribution in [-0.2, 0) is 7.05 Å². The molecule has 152 valence electrons. The van der Waals surface area contributed by atoms with Crippen molar-refractivity contribution >= 4 is 22.7 Å². The number of fused-ring (bicyclic) bond motifs is 1. The summed E-state index contributed by atoms with van der Waals surface area (Å²) in [7, 11) is 1.79. The summed E-state index contributed by atoms with van der Waals surface area (Å²) >= 11 is 1.68. The molecule has 0 amide bonds. The van der Waals surface area contributed by atoms with E-state index in [1.54, 1.807) is 23.6 Å². The molecule has 0 aliphatic heterocycles. The zero-order valence-electron chi connectivity index (χ0n) is 17.3. The molecule has 0 radical (unpaired) electrons. The van der Waals surface area contributed by atoms with Gasteiger partial charge in [0.25, 0.3) is 5.56 Å². The summed E-state index contributed by atoms with van der Waals surface area (Å²) in [6.07, 6.45) is 7.80. The molecule has 1 N–H and O–H groups in total. The molecule has 0 saturated heterocycles. The van der Waals surface area contributed by atoms with Gasteiger partial charge in [-0.25, -0.2) is 9.40 Å². The number of hydrogen-bond acceptors (Lipinski definition) is 5. The van der Waals surface area contributed by atoms with Crippen molar-refractivity contribution in [1.82, 2.24) is 24.3 Å². The van der Waals surface area contributed by atoms with E-state index in [0.717, 1.165) is 22.0 Å². The van der Waals surface area contributed by atoms with Gasteiger partial charge in [0, 0.05) is 23.4 Å².